The van der Waals surface area contributed by atoms with Crippen LogP contribution in [0.15, 0.2) is 24.5 Å². The standard InChI is InChI=1S/C19H24N4O3/c1-14-4-3-6-23-16(11-20-18(14)23)10-17(25)22-7-5-19(13-22)12-21(15(2)24)8-9-26-19/h3-4,6,11H,5,7-10,12-13H2,1-2H3. The Balaban J connectivity index is 1.46. The number of imidazole rings is 1. The van der Waals surface area contributed by atoms with E-state index < -0.39 is 5.60 Å². The van der Waals surface area contributed by atoms with Crippen LogP contribution in [0.2, 0.25) is 0 Å². The van der Waals surface area contributed by atoms with E-state index in [0.717, 1.165) is 23.3 Å². The molecule has 4 rings (SSSR count). The summed E-state index contributed by atoms with van der Waals surface area (Å²) >= 11 is 0. The summed E-state index contributed by atoms with van der Waals surface area (Å²) in [4.78, 5) is 32.6. The predicted molar refractivity (Wildman–Crippen MR) is 95.8 cm³/mol. The second kappa shape index (κ2) is 6.39. The van der Waals surface area contributed by atoms with Gasteiger partial charge < -0.3 is 18.9 Å². The van der Waals surface area contributed by atoms with Crippen LogP contribution in [0.5, 0.6) is 0 Å². The van der Waals surface area contributed by atoms with Gasteiger partial charge in [0.15, 0.2) is 0 Å². The van der Waals surface area contributed by atoms with Crippen LogP contribution in [0.3, 0.4) is 0 Å². The van der Waals surface area contributed by atoms with Crippen LogP contribution in [-0.2, 0) is 20.7 Å². The molecule has 2 aliphatic heterocycles. The Morgan fingerprint density at radius 2 is 2.08 bits per heavy atom. The molecule has 2 aromatic rings. The van der Waals surface area contributed by atoms with Gasteiger partial charge in [-0.1, -0.05) is 6.07 Å². The molecule has 0 bridgehead atoms. The number of aromatic nitrogens is 2. The van der Waals surface area contributed by atoms with Crippen molar-refractivity contribution in [3.8, 4) is 0 Å². The first-order valence-corrected chi connectivity index (χ1v) is 9.06. The van der Waals surface area contributed by atoms with Crippen molar-refractivity contribution >= 4 is 17.5 Å². The number of hydrogen-bond donors (Lipinski definition) is 0. The Morgan fingerprint density at radius 3 is 2.88 bits per heavy atom. The molecule has 1 spiro atoms. The second-order valence-corrected chi connectivity index (χ2v) is 7.35. The average molecular weight is 356 g/mol. The first-order valence-electron chi connectivity index (χ1n) is 9.06. The van der Waals surface area contributed by atoms with Gasteiger partial charge in [-0.05, 0) is 25.0 Å². The number of rotatable bonds is 2. The molecule has 2 amide bonds. The molecular formula is C19H24N4O3. The summed E-state index contributed by atoms with van der Waals surface area (Å²) in [6, 6.07) is 3.98. The zero-order valence-electron chi connectivity index (χ0n) is 15.3. The Labute approximate surface area is 152 Å². The summed E-state index contributed by atoms with van der Waals surface area (Å²) in [5.74, 6) is 0.146. The number of likely N-dealkylation sites (tertiary alicyclic amines) is 1. The first kappa shape index (κ1) is 17.0. The van der Waals surface area contributed by atoms with Crippen molar-refractivity contribution in [3.63, 3.8) is 0 Å². The van der Waals surface area contributed by atoms with E-state index in [1.54, 1.807) is 13.1 Å². The molecule has 2 saturated heterocycles. The van der Waals surface area contributed by atoms with Gasteiger partial charge in [0.05, 0.1) is 31.8 Å². The Bertz CT molecular complexity index is 862. The number of morpholine rings is 1. The monoisotopic (exact) mass is 356 g/mol. The smallest absolute Gasteiger partial charge is 0.228 e. The minimum Gasteiger partial charge on any atom is -0.369 e. The minimum absolute atomic E-state index is 0.0681. The molecule has 1 unspecified atom stereocenters. The molecule has 0 aliphatic carbocycles. The lowest BCUT2D eigenvalue weighted by Crippen LogP contribution is -2.54. The fraction of sp³-hybridized carbons (Fsp3) is 0.526. The zero-order chi connectivity index (χ0) is 18.3. The van der Waals surface area contributed by atoms with Crippen LogP contribution >= 0.6 is 0 Å². The molecule has 26 heavy (non-hydrogen) atoms. The largest absolute Gasteiger partial charge is 0.369 e. The third kappa shape index (κ3) is 2.96. The highest BCUT2D eigenvalue weighted by atomic mass is 16.5. The van der Waals surface area contributed by atoms with E-state index in [2.05, 4.69) is 4.98 Å². The fourth-order valence-corrected chi connectivity index (χ4v) is 4.02. The molecule has 0 aromatic carbocycles. The molecule has 0 radical (unpaired) electrons. The average Bonchev–Trinajstić information content (AvgIpc) is 3.21. The first-order chi connectivity index (χ1) is 12.5. The minimum atomic E-state index is -0.407. The molecule has 7 heteroatoms. The van der Waals surface area contributed by atoms with Crippen molar-refractivity contribution in [3.05, 3.63) is 35.8 Å². The molecule has 4 heterocycles. The van der Waals surface area contributed by atoms with Gasteiger partial charge in [0.25, 0.3) is 0 Å². The summed E-state index contributed by atoms with van der Waals surface area (Å²) in [5, 5.41) is 0. The molecule has 1 atom stereocenters. The summed E-state index contributed by atoms with van der Waals surface area (Å²) < 4.78 is 7.98. The van der Waals surface area contributed by atoms with Crippen LogP contribution < -0.4 is 0 Å². The molecule has 0 saturated carbocycles. The molecule has 138 valence electrons. The Morgan fingerprint density at radius 1 is 1.27 bits per heavy atom. The van der Waals surface area contributed by atoms with E-state index in [1.807, 2.05) is 39.5 Å². The SMILES string of the molecule is CC(=O)N1CCOC2(CCN(C(=O)Cc3cnc4c(C)cccn34)C2)C1. The van der Waals surface area contributed by atoms with Gasteiger partial charge >= 0.3 is 0 Å². The molecular weight excluding hydrogens is 332 g/mol. The van der Waals surface area contributed by atoms with Crippen LogP contribution in [0.25, 0.3) is 5.65 Å². The van der Waals surface area contributed by atoms with E-state index in [4.69, 9.17) is 4.74 Å². The summed E-state index contributed by atoms with van der Waals surface area (Å²) in [6.45, 7) is 6.55. The maximum atomic E-state index is 12.8. The number of aryl methyl sites for hydroxylation is 1. The number of fused-ring (bicyclic) bond motifs is 1. The van der Waals surface area contributed by atoms with Crippen molar-refractivity contribution < 1.29 is 14.3 Å². The van der Waals surface area contributed by atoms with E-state index >= 15 is 0 Å². The summed E-state index contributed by atoms with van der Waals surface area (Å²) in [6.07, 6.45) is 4.81. The number of hydrogen-bond acceptors (Lipinski definition) is 4. The molecule has 7 nitrogen and oxygen atoms in total. The molecule has 2 aromatic heterocycles. The van der Waals surface area contributed by atoms with Crippen LogP contribution in [-0.4, -0.2) is 69.4 Å². The van der Waals surface area contributed by atoms with Gasteiger partial charge in [-0.15, -0.1) is 0 Å². The highest BCUT2D eigenvalue weighted by Crippen LogP contribution is 2.30. The van der Waals surface area contributed by atoms with E-state index in [1.165, 1.54) is 0 Å². The van der Waals surface area contributed by atoms with Crippen LogP contribution in [0.4, 0.5) is 0 Å². The number of ether oxygens (including phenoxy) is 1. The van der Waals surface area contributed by atoms with Crippen LogP contribution in [0.1, 0.15) is 24.6 Å². The van der Waals surface area contributed by atoms with Gasteiger partial charge in [-0.2, -0.15) is 0 Å². The van der Waals surface area contributed by atoms with E-state index in [9.17, 15) is 9.59 Å². The predicted octanol–water partition coefficient (Wildman–Crippen LogP) is 1.04. The quantitative estimate of drug-likeness (QED) is 0.806. The van der Waals surface area contributed by atoms with E-state index in [-0.39, 0.29) is 11.8 Å². The number of carbonyl (C=O) groups excluding carboxylic acids is 2. The van der Waals surface area contributed by atoms with E-state index in [0.29, 0.717) is 39.2 Å². The number of pyridine rings is 1. The second-order valence-electron chi connectivity index (χ2n) is 7.35. The van der Waals surface area contributed by atoms with Crippen LogP contribution in [0, 0.1) is 6.92 Å². The number of carbonyl (C=O) groups is 2. The van der Waals surface area contributed by atoms with Crippen molar-refractivity contribution in [2.24, 2.45) is 0 Å². The fourth-order valence-electron chi connectivity index (χ4n) is 4.02. The summed E-state index contributed by atoms with van der Waals surface area (Å²) in [7, 11) is 0. The highest BCUT2D eigenvalue weighted by Gasteiger charge is 2.44. The van der Waals surface area contributed by atoms with Crippen molar-refractivity contribution in [1.82, 2.24) is 19.2 Å². The molecule has 0 N–H and O–H groups in total. The lowest BCUT2D eigenvalue weighted by Gasteiger charge is -2.39. The molecule has 2 fully saturated rings. The lowest BCUT2D eigenvalue weighted by atomic mass is 10.0. The normalized spacial score (nSPS) is 23.2. The highest BCUT2D eigenvalue weighted by molar-refractivity contribution is 5.79. The number of nitrogens with zero attached hydrogens (tertiary/aromatic N) is 4. The Hall–Kier alpha value is -2.41. The van der Waals surface area contributed by atoms with Crippen molar-refractivity contribution in [2.45, 2.75) is 32.3 Å². The van der Waals surface area contributed by atoms with Gasteiger partial charge in [0, 0.05) is 32.4 Å². The van der Waals surface area contributed by atoms with Crippen molar-refractivity contribution in [2.75, 3.05) is 32.8 Å². The third-order valence-electron chi connectivity index (χ3n) is 5.50. The lowest BCUT2D eigenvalue weighted by molar-refractivity contribution is -0.147. The van der Waals surface area contributed by atoms with Gasteiger partial charge in [-0.3, -0.25) is 9.59 Å². The topological polar surface area (TPSA) is 67.2 Å². The number of amides is 2. The third-order valence-corrected chi connectivity index (χ3v) is 5.50. The Kier molecular flexibility index (Phi) is 4.19. The summed E-state index contributed by atoms with van der Waals surface area (Å²) in [5.41, 5.74) is 2.46. The van der Waals surface area contributed by atoms with Gasteiger partial charge in [-0.25, -0.2) is 4.98 Å². The maximum absolute atomic E-state index is 12.8. The van der Waals surface area contributed by atoms with Crippen molar-refractivity contribution in [1.29, 1.82) is 0 Å². The van der Waals surface area contributed by atoms with Gasteiger partial charge in [0.1, 0.15) is 11.2 Å². The zero-order valence-corrected chi connectivity index (χ0v) is 15.3. The van der Waals surface area contributed by atoms with Gasteiger partial charge in [0.2, 0.25) is 11.8 Å². The maximum Gasteiger partial charge on any atom is 0.228 e. The molecule has 2 aliphatic rings.